The molecule has 41 heavy (non-hydrogen) atoms. The number of allylic oxidation sites excluding steroid dienone is 1. The van der Waals surface area contributed by atoms with E-state index in [0.29, 0.717) is 62.1 Å². The minimum atomic E-state index is -0.585. The third-order valence-electron chi connectivity index (χ3n) is 7.20. The Balaban J connectivity index is 0.00000226. The maximum absolute atomic E-state index is 13.9. The molecular weight excluding hydrogens is 539 g/mol. The van der Waals surface area contributed by atoms with Gasteiger partial charge in [-0.3, -0.25) is 4.98 Å². The molecular formula is C31H42ClFN8. The second kappa shape index (κ2) is 12.5. The van der Waals surface area contributed by atoms with Crippen LogP contribution < -0.4 is 22.2 Å². The number of hydrogen-bond acceptors (Lipinski definition) is 8. The van der Waals surface area contributed by atoms with Crippen LogP contribution in [0.25, 0.3) is 10.9 Å². The molecule has 1 aliphatic carbocycles. The molecule has 220 valence electrons. The standard InChI is InChI=1S/C29H36ClFN8.C2H6/c1-16-20(7-8-23(31)37-16)27(24(33)17(2)39(34)29(6)9-10-29)38-19-11-21-25(36-15-28(3,4)5)18(13-32)14-35-26(21)22(30)12-19;1-2/h7-8,11-12,14,27,38H,9-10,15,33-34H2,1-6H3,(H,35,36);1-2H3/b24-17-;. The lowest BCUT2D eigenvalue weighted by atomic mass is 9.96. The third kappa shape index (κ3) is 7.19. The SMILES string of the molecule is C/C(=C(/N)C(Nc1cc(Cl)c2ncc(C#N)c(NCC(C)(C)C)c2c1)c1ccc(F)nc1C)N(N)C1(C)CC1.CC. The van der Waals surface area contributed by atoms with Crippen molar-refractivity contribution in [3.63, 3.8) is 0 Å². The van der Waals surface area contributed by atoms with Gasteiger partial charge < -0.3 is 21.4 Å². The van der Waals surface area contributed by atoms with Gasteiger partial charge in [-0.1, -0.05) is 52.3 Å². The van der Waals surface area contributed by atoms with Crippen molar-refractivity contribution in [3.8, 4) is 6.07 Å². The molecule has 0 spiro atoms. The summed E-state index contributed by atoms with van der Waals surface area (Å²) in [6.45, 7) is 16.7. The maximum atomic E-state index is 13.9. The minimum Gasteiger partial charge on any atom is -0.399 e. The van der Waals surface area contributed by atoms with Crippen LogP contribution in [0.15, 0.2) is 41.9 Å². The Morgan fingerprint density at radius 2 is 1.93 bits per heavy atom. The van der Waals surface area contributed by atoms with Gasteiger partial charge in [-0.25, -0.2) is 10.8 Å². The number of nitrogens with one attached hydrogen (secondary N) is 2. The van der Waals surface area contributed by atoms with Crippen LogP contribution in [0.5, 0.6) is 0 Å². The van der Waals surface area contributed by atoms with E-state index >= 15 is 0 Å². The van der Waals surface area contributed by atoms with Crippen LogP contribution in [-0.4, -0.2) is 27.1 Å². The van der Waals surface area contributed by atoms with E-state index in [2.05, 4.69) is 54.4 Å². The zero-order chi connectivity index (χ0) is 30.7. The van der Waals surface area contributed by atoms with Gasteiger partial charge in [-0.15, -0.1) is 0 Å². The second-order valence-corrected chi connectivity index (χ2v) is 12.1. The summed E-state index contributed by atoms with van der Waals surface area (Å²) >= 11 is 6.72. The smallest absolute Gasteiger partial charge is 0.213 e. The topological polar surface area (TPSA) is 129 Å². The van der Waals surface area contributed by atoms with Crippen LogP contribution in [0.1, 0.15) is 84.2 Å². The molecule has 1 saturated carbocycles. The molecule has 8 nitrogen and oxygen atoms in total. The number of nitrogens with two attached hydrogens (primary N) is 2. The summed E-state index contributed by atoms with van der Waals surface area (Å²) in [6, 6.07) is 8.28. The first-order valence-corrected chi connectivity index (χ1v) is 14.3. The molecule has 1 aromatic carbocycles. The first kappa shape index (κ1) is 31.9. The number of benzene rings is 1. The molecule has 1 aliphatic rings. The summed E-state index contributed by atoms with van der Waals surface area (Å²) in [5.41, 5.74) is 11.3. The van der Waals surface area contributed by atoms with Gasteiger partial charge in [0, 0.05) is 40.8 Å². The molecule has 10 heteroatoms. The van der Waals surface area contributed by atoms with E-state index in [9.17, 15) is 9.65 Å². The van der Waals surface area contributed by atoms with Gasteiger partial charge in [-0.05, 0) is 57.2 Å². The number of anilines is 2. The van der Waals surface area contributed by atoms with E-state index < -0.39 is 12.0 Å². The molecule has 0 aliphatic heterocycles. The van der Waals surface area contributed by atoms with Crippen molar-refractivity contribution < 1.29 is 4.39 Å². The van der Waals surface area contributed by atoms with Crippen molar-refractivity contribution in [1.29, 1.82) is 5.26 Å². The summed E-state index contributed by atoms with van der Waals surface area (Å²) in [6.07, 6.45) is 3.48. The molecule has 1 unspecified atom stereocenters. The number of nitriles is 1. The van der Waals surface area contributed by atoms with Crippen molar-refractivity contribution >= 4 is 33.9 Å². The van der Waals surface area contributed by atoms with Gasteiger partial charge in [0.25, 0.3) is 0 Å². The molecule has 0 bridgehead atoms. The summed E-state index contributed by atoms with van der Waals surface area (Å²) in [4.78, 5) is 8.47. The highest BCUT2D eigenvalue weighted by Gasteiger charge is 2.43. The Hall–Kier alpha value is -3.61. The predicted octanol–water partition coefficient (Wildman–Crippen LogP) is 7.16. The van der Waals surface area contributed by atoms with Gasteiger partial charge in [0.15, 0.2) is 0 Å². The van der Waals surface area contributed by atoms with E-state index in [1.54, 1.807) is 24.1 Å². The zero-order valence-electron chi connectivity index (χ0n) is 25.3. The Morgan fingerprint density at radius 3 is 2.49 bits per heavy atom. The summed E-state index contributed by atoms with van der Waals surface area (Å²) in [5.74, 6) is 5.90. The lowest BCUT2D eigenvalue weighted by Crippen LogP contribution is -2.41. The number of fused-ring (bicyclic) bond motifs is 1. The Labute approximate surface area is 247 Å². The largest absolute Gasteiger partial charge is 0.399 e. The van der Waals surface area contributed by atoms with Gasteiger partial charge in [-0.2, -0.15) is 9.65 Å². The van der Waals surface area contributed by atoms with Gasteiger partial charge in [0.2, 0.25) is 5.95 Å². The first-order valence-electron chi connectivity index (χ1n) is 13.9. The number of aromatic nitrogens is 2. The highest BCUT2D eigenvalue weighted by molar-refractivity contribution is 6.35. The number of pyridine rings is 2. The fourth-order valence-electron chi connectivity index (χ4n) is 4.48. The number of hydrazine groups is 1. The number of halogens is 2. The molecule has 2 aromatic heterocycles. The van der Waals surface area contributed by atoms with Crippen molar-refractivity contribution in [2.45, 2.75) is 79.8 Å². The van der Waals surface area contributed by atoms with Crippen LogP contribution in [-0.2, 0) is 0 Å². The van der Waals surface area contributed by atoms with Gasteiger partial charge in [0.1, 0.15) is 6.07 Å². The summed E-state index contributed by atoms with van der Waals surface area (Å²) in [5, 5.41) is 19.5. The molecule has 6 N–H and O–H groups in total. The summed E-state index contributed by atoms with van der Waals surface area (Å²) in [7, 11) is 0. The van der Waals surface area contributed by atoms with Crippen LogP contribution in [0.4, 0.5) is 15.8 Å². The van der Waals surface area contributed by atoms with Gasteiger partial charge >= 0.3 is 0 Å². The Bertz CT molecular complexity index is 1480. The Kier molecular flexibility index (Phi) is 9.73. The number of nitrogens with zero attached hydrogens (tertiary/aromatic N) is 4. The van der Waals surface area contributed by atoms with E-state index in [1.807, 2.05) is 26.8 Å². The molecule has 0 radical (unpaired) electrons. The van der Waals surface area contributed by atoms with Crippen molar-refractivity contribution in [3.05, 3.63) is 69.6 Å². The third-order valence-corrected chi connectivity index (χ3v) is 7.49. The number of aryl methyl sites for hydroxylation is 1. The second-order valence-electron chi connectivity index (χ2n) is 11.7. The van der Waals surface area contributed by atoms with Crippen molar-refractivity contribution in [2.24, 2.45) is 17.0 Å². The van der Waals surface area contributed by atoms with Gasteiger partial charge in [0.05, 0.1) is 39.1 Å². The summed E-state index contributed by atoms with van der Waals surface area (Å²) < 4.78 is 13.9. The molecule has 1 atom stereocenters. The van der Waals surface area contributed by atoms with Crippen LogP contribution in [0.3, 0.4) is 0 Å². The molecule has 1 fully saturated rings. The quantitative estimate of drug-likeness (QED) is 0.125. The maximum Gasteiger partial charge on any atom is 0.213 e. The minimum absolute atomic E-state index is 0.0246. The lowest BCUT2D eigenvalue weighted by molar-refractivity contribution is 0.252. The Morgan fingerprint density at radius 1 is 1.27 bits per heavy atom. The number of rotatable bonds is 8. The van der Waals surface area contributed by atoms with Crippen LogP contribution in [0, 0.1) is 29.6 Å². The average Bonchev–Trinajstić information content (AvgIpc) is 3.68. The van der Waals surface area contributed by atoms with E-state index in [0.717, 1.165) is 12.8 Å². The van der Waals surface area contributed by atoms with Crippen molar-refractivity contribution in [2.75, 3.05) is 17.2 Å². The van der Waals surface area contributed by atoms with E-state index in [1.165, 1.54) is 12.3 Å². The molecule has 0 amide bonds. The monoisotopic (exact) mass is 580 g/mol. The van der Waals surface area contributed by atoms with E-state index in [4.69, 9.17) is 23.2 Å². The molecule has 3 aromatic rings. The predicted molar refractivity (Wildman–Crippen MR) is 167 cm³/mol. The highest BCUT2D eigenvalue weighted by atomic mass is 35.5. The van der Waals surface area contributed by atoms with E-state index in [-0.39, 0.29) is 11.0 Å². The number of hydrogen-bond donors (Lipinski definition) is 4. The fraction of sp³-hybridized carbons (Fsp3) is 0.452. The molecule has 2 heterocycles. The molecule has 4 rings (SSSR count). The normalized spacial score (nSPS) is 15.2. The van der Waals surface area contributed by atoms with Crippen molar-refractivity contribution in [1.82, 2.24) is 15.0 Å². The fourth-order valence-corrected chi connectivity index (χ4v) is 4.75. The lowest BCUT2D eigenvalue weighted by Gasteiger charge is -2.31. The molecule has 0 saturated heterocycles. The highest BCUT2D eigenvalue weighted by Crippen LogP contribution is 2.42. The zero-order valence-corrected chi connectivity index (χ0v) is 26.0. The first-order chi connectivity index (χ1) is 19.2. The van der Waals surface area contributed by atoms with Crippen LogP contribution >= 0.6 is 11.6 Å². The van der Waals surface area contributed by atoms with Crippen LogP contribution in [0.2, 0.25) is 5.02 Å². The average molecular weight is 581 g/mol.